The van der Waals surface area contributed by atoms with Crippen LogP contribution in [-0.2, 0) is 19.4 Å². The summed E-state index contributed by atoms with van der Waals surface area (Å²) in [6, 6.07) is 3.59. The van der Waals surface area contributed by atoms with Gasteiger partial charge in [0, 0.05) is 4.88 Å². The number of nitrogens with one attached hydrogen (secondary N) is 2. The average Bonchev–Trinajstić information content (AvgIpc) is 3.38. The van der Waals surface area contributed by atoms with E-state index in [1.165, 1.54) is 16.2 Å². The van der Waals surface area contributed by atoms with Crippen LogP contribution >= 0.6 is 11.3 Å². The molecular formula is C20H21N3O4S. The monoisotopic (exact) mass is 399 g/mol. The van der Waals surface area contributed by atoms with Crippen LogP contribution in [0.1, 0.15) is 61.2 Å². The number of carbonyl (C=O) groups is 2. The van der Waals surface area contributed by atoms with Gasteiger partial charge in [0.15, 0.2) is 0 Å². The Labute approximate surface area is 166 Å². The Morgan fingerprint density at radius 3 is 2.71 bits per heavy atom. The number of anilines is 1. The van der Waals surface area contributed by atoms with E-state index in [2.05, 4.69) is 15.8 Å². The largest absolute Gasteiger partial charge is 0.467 e. The fourth-order valence-electron chi connectivity index (χ4n) is 3.54. The summed E-state index contributed by atoms with van der Waals surface area (Å²) in [5, 5.41) is 10.2. The molecule has 0 radical (unpaired) electrons. The van der Waals surface area contributed by atoms with Gasteiger partial charge >= 0.3 is 0 Å². The highest BCUT2D eigenvalue weighted by Gasteiger charge is 2.28. The van der Waals surface area contributed by atoms with Crippen molar-refractivity contribution in [3.63, 3.8) is 0 Å². The first kappa shape index (κ1) is 18.5. The summed E-state index contributed by atoms with van der Waals surface area (Å²) in [5.74, 6) is 0.624. The molecule has 0 fully saturated rings. The van der Waals surface area contributed by atoms with Crippen LogP contribution < -0.4 is 10.6 Å². The van der Waals surface area contributed by atoms with Crippen molar-refractivity contribution in [1.82, 2.24) is 10.5 Å². The van der Waals surface area contributed by atoms with E-state index in [0.29, 0.717) is 39.9 Å². The minimum absolute atomic E-state index is 0.204. The number of fused-ring (bicyclic) bond motifs is 1. The zero-order valence-electron chi connectivity index (χ0n) is 15.8. The lowest BCUT2D eigenvalue weighted by atomic mass is 9.95. The molecule has 4 rings (SSSR count). The Bertz CT molecular complexity index is 997. The van der Waals surface area contributed by atoms with Gasteiger partial charge in [-0.3, -0.25) is 9.59 Å². The number of furan rings is 1. The molecule has 146 valence electrons. The summed E-state index contributed by atoms with van der Waals surface area (Å²) in [6.45, 7) is 3.72. The van der Waals surface area contributed by atoms with E-state index in [1.807, 2.05) is 6.07 Å². The third kappa shape index (κ3) is 3.47. The third-order valence-corrected chi connectivity index (χ3v) is 6.10. The average molecular weight is 399 g/mol. The molecule has 0 aromatic carbocycles. The van der Waals surface area contributed by atoms with Crippen LogP contribution in [0.4, 0.5) is 5.00 Å². The van der Waals surface area contributed by atoms with Crippen LogP contribution in [0, 0.1) is 13.8 Å². The van der Waals surface area contributed by atoms with Gasteiger partial charge < -0.3 is 19.6 Å². The summed E-state index contributed by atoms with van der Waals surface area (Å²) in [5.41, 5.74) is 2.54. The number of rotatable bonds is 5. The second-order valence-corrected chi connectivity index (χ2v) is 7.94. The van der Waals surface area contributed by atoms with Crippen molar-refractivity contribution in [2.24, 2.45) is 0 Å². The van der Waals surface area contributed by atoms with Gasteiger partial charge in [0.25, 0.3) is 11.8 Å². The summed E-state index contributed by atoms with van der Waals surface area (Å²) in [6.07, 6.45) is 5.48. The summed E-state index contributed by atoms with van der Waals surface area (Å²) in [4.78, 5) is 26.9. The molecule has 8 heteroatoms. The highest BCUT2D eigenvalue weighted by Crippen LogP contribution is 2.38. The Balaban J connectivity index is 1.62. The quantitative estimate of drug-likeness (QED) is 0.676. The maximum Gasteiger partial charge on any atom is 0.261 e. The van der Waals surface area contributed by atoms with Crippen LogP contribution in [0.3, 0.4) is 0 Å². The lowest BCUT2D eigenvalue weighted by Gasteiger charge is -2.13. The van der Waals surface area contributed by atoms with Gasteiger partial charge in [-0.25, -0.2) is 0 Å². The lowest BCUT2D eigenvalue weighted by Crippen LogP contribution is -2.25. The molecule has 3 aromatic rings. The van der Waals surface area contributed by atoms with Gasteiger partial charge in [-0.2, -0.15) is 0 Å². The van der Waals surface area contributed by atoms with Crippen LogP contribution in [0.5, 0.6) is 0 Å². The van der Waals surface area contributed by atoms with E-state index in [-0.39, 0.29) is 11.8 Å². The highest BCUT2D eigenvalue weighted by molar-refractivity contribution is 7.17. The molecule has 3 aromatic heterocycles. The van der Waals surface area contributed by atoms with Gasteiger partial charge in [-0.1, -0.05) is 5.16 Å². The van der Waals surface area contributed by atoms with E-state index >= 15 is 0 Å². The molecule has 7 nitrogen and oxygen atoms in total. The van der Waals surface area contributed by atoms with Crippen molar-refractivity contribution in [2.45, 2.75) is 46.1 Å². The fourth-order valence-corrected chi connectivity index (χ4v) is 4.82. The minimum Gasteiger partial charge on any atom is -0.467 e. The molecule has 0 saturated heterocycles. The molecule has 2 amide bonds. The van der Waals surface area contributed by atoms with Crippen molar-refractivity contribution >= 4 is 28.2 Å². The molecule has 0 atom stereocenters. The Morgan fingerprint density at radius 2 is 2.00 bits per heavy atom. The Hall–Kier alpha value is -2.87. The molecule has 0 spiro atoms. The lowest BCUT2D eigenvalue weighted by molar-refractivity contribution is 0.0948. The first-order valence-corrected chi connectivity index (χ1v) is 10.1. The SMILES string of the molecule is Cc1noc(C)c1C(=O)Nc1sc2c(c1C(=O)NCc1ccco1)CCCC2. The Kier molecular flexibility index (Phi) is 5.04. The van der Waals surface area contributed by atoms with Crippen LogP contribution in [0.2, 0.25) is 0 Å². The third-order valence-electron chi connectivity index (χ3n) is 4.89. The molecular weight excluding hydrogens is 378 g/mol. The number of amides is 2. The molecule has 1 aliphatic rings. The molecule has 0 unspecified atom stereocenters. The number of aryl methyl sites for hydroxylation is 3. The zero-order chi connectivity index (χ0) is 19.7. The zero-order valence-corrected chi connectivity index (χ0v) is 16.6. The topological polar surface area (TPSA) is 97.4 Å². The fraction of sp³-hybridized carbons (Fsp3) is 0.350. The van der Waals surface area contributed by atoms with Crippen molar-refractivity contribution in [3.05, 3.63) is 57.2 Å². The van der Waals surface area contributed by atoms with E-state index in [1.54, 1.807) is 26.2 Å². The van der Waals surface area contributed by atoms with E-state index < -0.39 is 0 Å². The molecule has 2 N–H and O–H groups in total. The maximum absolute atomic E-state index is 13.0. The van der Waals surface area contributed by atoms with Gasteiger partial charge in [0.2, 0.25) is 0 Å². The molecule has 0 saturated carbocycles. The van der Waals surface area contributed by atoms with Crippen molar-refractivity contribution < 1.29 is 18.5 Å². The summed E-state index contributed by atoms with van der Waals surface area (Å²) >= 11 is 1.48. The number of hydrogen-bond donors (Lipinski definition) is 2. The number of carbonyl (C=O) groups excluding carboxylic acids is 2. The first-order chi connectivity index (χ1) is 13.5. The molecule has 28 heavy (non-hydrogen) atoms. The van der Waals surface area contributed by atoms with Crippen molar-refractivity contribution in [1.29, 1.82) is 0 Å². The smallest absolute Gasteiger partial charge is 0.261 e. The van der Waals surface area contributed by atoms with Gasteiger partial charge in [-0.05, 0) is 57.2 Å². The van der Waals surface area contributed by atoms with Crippen molar-refractivity contribution in [2.75, 3.05) is 5.32 Å². The number of aromatic nitrogens is 1. The first-order valence-electron chi connectivity index (χ1n) is 9.24. The molecule has 0 aliphatic heterocycles. The Morgan fingerprint density at radius 1 is 1.18 bits per heavy atom. The van der Waals surface area contributed by atoms with E-state index in [9.17, 15) is 9.59 Å². The predicted octanol–water partition coefficient (Wildman–Crippen LogP) is 4.01. The second kappa shape index (κ2) is 7.63. The van der Waals surface area contributed by atoms with Gasteiger partial charge in [0.05, 0.1) is 24.1 Å². The van der Waals surface area contributed by atoms with Crippen molar-refractivity contribution in [3.8, 4) is 0 Å². The number of thiophene rings is 1. The van der Waals surface area contributed by atoms with Crippen LogP contribution in [-0.4, -0.2) is 17.0 Å². The summed E-state index contributed by atoms with van der Waals surface area (Å²) < 4.78 is 10.4. The summed E-state index contributed by atoms with van der Waals surface area (Å²) in [7, 11) is 0. The minimum atomic E-state index is -0.310. The normalized spacial score (nSPS) is 13.2. The number of hydrogen-bond acceptors (Lipinski definition) is 6. The molecule has 1 aliphatic carbocycles. The van der Waals surface area contributed by atoms with Gasteiger partial charge in [-0.15, -0.1) is 11.3 Å². The van der Waals surface area contributed by atoms with Crippen LogP contribution in [0.15, 0.2) is 27.3 Å². The maximum atomic E-state index is 13.0. The van der Waals surface area contributed by atoms with E-state index in [0.717, 1.165) is 31.2 Å². The van der Waals surface area contributed by atoms with Gasteiger partial charge in [0.1, 0.15) is 22.1 Å². The molecule has 3 heterocycles. The standard InChI is InChI=1S/C20H21N3O4S/c1-11-16(12(2)27-23-11)19(25)22-20-17(14-7-3-4-8-15(14)28-20)18(24)21-10-13-6-5-9-26-13/h5-6,9H,3-4,7-8,10H2,1-2H3,(H,21,24)(H,22,25). The predicted molar refractivity (Wildman–Crippen MR) is 105 cm³/mol. The second-order valence-electron chi connectivity index (χ2n) is 6.83. The molecule has 0 bridgehead atoms. The highest BCUT2D eigenvalue weighted by atomic mass is 32.1. The van der Waals surface area contributed by atoms with Crippen LogP contribution in [0.25, 0.3) is 0 Å². The number of nitrogens with zero attached hydrogens (tertiary/aromatic N) is 1. The van der Waals surface area contributed by atoms with E-state index in [4.69, 9.17) is 8.94 Å².